The maximum absolute atomic E-state index is 11.5. The summed E-state index contributed by atoms with van der Waals surface area (Å²) >= 11 is 0. The van der Waals surface area contributed by atoms with Crippen molar-refractivity contribution in [2.24, 2.45) is 11.8 Å². The Labute approximate surface area is 104 Å². The summed E-state index contributed by atoms with van der Waals surface area (Å²) in [6.45, 7) is 11.7. The average molecular weight is 242 g/mol. The van der Waals surface area contributed by atoms with Gasteiger partial charge < -0.3 is 15.4 Å². The Kier molecular flexibility index (Phi) is 4.80. The molecule has 4 nitrogen and oxygen atoms in total. The first kappa shape index (κ1) is 14.3. The number of carbonyl (C=O) groups excluding carboxylic acids is 1. The van der Waals surface area contributed by atoms with Crippen molar-refractivity contribution in [3.8, 4) is 0 Å². The molecule has 1 rings (SSSR count). The van der Waals surface area contributed by atoms with E-state index in [0.29, 0.717) is 24.4 Å². The van der Waals surface area contributed by atoms with Gasteiger partial charge in [0.2, 0.25) is 0 Å². The molecule has 0 saturated carbocycles. The fourth-order valence-corrected chi connectivity index (χ4v) is 2.19. The molecule has 1 aliphatic heterocycles. The molecule has 3 atom stereocenters. The number of hydrogen-bond donors (Lipinski definition) is 2. The number of hydrogen-bond acceptors (Lipinski definition) is 3. The normalized spacial score (nSPS) is 29.8. The number of amides is 1. The van der Waals surface area contributed by atoms with Crippen LogP contribution in [-0.2, 0) is 4.74 Å². The van der Waals surface area contributed by atoms with Crippen LogP contribution in [0.3, 0.4) is 0 Å². The van der Waals surface area contributed by atoms with Crippen LogP contribution in [0.4, 0.5) is 4.79 Å². The van der Waals surface area contributed by atoms with Crippen molar-refractivity contribution in [3.05, 3.63) is 0 Å². The molecule has 1 amide bonds. The van der Waals surface area contributed by atoms with Crippen LogP contribution < -0.4 is 10.6 Å². The third-order valence-electron chi connectivity index (χ3n) is 3.17. The van der Waals surface area contributed by atoms with Gasteiger partial charge in [-0.15, -0.1) is 0 Å². The number of ether oxygens (including phenoxy) is 1. The lowest BCUT2D eigenvalue weighted by Crippen LogP contribution is -2.46. The highest BCUT2D eigenvalue weighted by atomic mass is 16.6. The zero-order chi connectivity index (χ0) is 13.1. The minimum Gasteiger partial charge on any atom is -0.444 e. The molecule has 17 heavy (non-hydrogen) atoms. The second-order valence-corrected chi connectivity index (χ2v) is 6.17. The molecule has 1 aliphatic rings. The predicted molar refractivity (Wildman–Crippen MR) is 69.0 cm³/mol. The molecular weight excluding hydrogens is 216 g/mol. The van der Waals surface area contributed by atoms with Crippen molar-refractivity contribution in [2.45, 2.75) is 52.7 Å². The van der Waals surface area contributed by atoms with E-state index in [1.807, 2.05) is 20.8 Å². The van der Waals surface area contributed by atoms with Crippen molar-refractivity contribution < 1.29 is 9.53 Å². The minimum absolute atomic E-state index is 0.316. The standard InChI is InChI=1S/C13H26N2O2/c1-9-6-10(2)14-7-11(9)8-15-12(16)17-13(3,4)5/h9-11,14H,6-8H2,1-5H3,(H,15,16)/t9-,10+,11-/m0/s1. The van der Waals surface area contributed by atoms with Crippen molar-refractivity contribution >= 4 is 6.09 Å². The molecular formula is C13H26N2O2. The number of piperidine rings is 1. The van der Waals surface area contributed by atoms with E-state index >= 15 is 0 Å². The number of carbonyl (C=O) groups is 1. The minimum atomic E-state index is -0.422. The third-order valence-corrected chi connectivity index (χ3v) is 3.17. The van der Waals surface area contributed by atoms with Gasteiger partial charge in [0.1, 0.15) is 5.60 Å². The summed E-state index contributed by atoms with van der Waals surface area (Å²) in [5, 5.41) is 6.30. The van der Waals surface area contributed by atoms with Crippen LogP contribution in [0.15, 0.2) is 0 Å². The van der Waals surface area contributed by atoms with Gasteiger partial charge in [-0.2, -0.15) is 0 Å². The molecule has 0 radical (unpaired) electrons. The second kappa shape index (κ2) is 5.71. The van der Waals surface area contributed by atoms with Crippen LogP contribution in [0.1, 0.15) is 41.0 Å². The van der Waals surface area contributed by atoms with Gasteiger partial charge in [-0.25, -0.2) is 4.79 Å². The second-order valence-electron chi connectivity index (χ2n) is 6.17. The van der Waals surface area contributed by atoms with Gasteiger partial charge in [-0.3, -0.25) is 0 Å². The highest BCUT2D eigenvalue weighted by Gasteiger charge is 2.25. The SMILES string of the molecule is C[C@@H]1C[C@H](C)[C@H](CNC(=O)OC(C)(C)C)CN1. The summed E-state index contributed by atoms with van der Waals surface area (Å²) in [4.78, 5) is 11.5. The molecule has 0 aromatic heterocycles. The lowest BCUT2D eigenvalue weighted by Gasteiger charge is -2.33. The molecule has 4 heteroatoms. The Morgan fingerprint density at radius 1 is 1.41 bits per heavy atom. The largest absolute Gasteiger partial charge is 0.444 e. The smallest absolute Gasteiger partial charge is 0.407 e. The number of rotatable bonds is 2. The van der Waals surface area contributed by atoms with Crippen LogP contribution in [0, 0.1) is 11.8 Å². The Bertz CT molecular complexity index is 261. The molecule has 1 fully saturated rings. The summed E-state index contributed by atoms with van der Waals surface area (Å²) < 4.78 is 5.21. The van der Waals surface area contributed by atoms with Crippen LogP contribution in [0.2, 0.25) is 0 Å². The van der Waals surface area contributed by atoms with E-state index in [2.05, 4.69) is 24.5 Å². The zero-order valence-corrected chi connectivity index (χ0v) is 11.7. The van der Waals surface area contributed by atoms with Crippen molar-refractivity contribution in [1.29, 1.82) is 0 Å². The highest BCUT2D eigenvalue weighted by molar-refractivity contribution is 5.67. The fourth-order valence-electron chi connectivity index (χ4n) is 2.19. The Morgan fingerprint density at radius 2 is 2.06 bits per heavy atom. The first-order chi connectivity index (χ1) is 7.78. The van der Waals surface area contributed by atoms with Gasteiger partial charge in [0, 0.05) is 19.1 Å². The topological polar surface area (TPSA) is 50.4 Å². The quantitative estimate of drug-likeness (QED) is 0.780. The van der Waals surface area contributed by atoms with Crippen LogP contribution in [0.25, 0.3) is 0 Å². The molecule has 2 N–H and O–H groups in total. The maximum atomic E-state index is 11.5. The molecule has 0 unspecified atom stereocenters. The summed E-state index contributed by atoms with van der Waals surface area (Å²) in [6.07, 6.45) is 0.851. The van der Waals surface area contributed by atoms with Crippen LogP contribution in [-0.4, -0.2) is 30.8 Å². The van der Waals surface area contributed by atoms with E-state index in [1.54, 1.807) is 0 Å². The number of alkyl carbamates (subject to hydrolysis) is 1. The van der Waals surface area contributed by atoms with Crippen molar-refractivity contribution in [1.82, 2.24) is 10.6 Å². The molecule has 1 heterocycles. The highest BCUT2D eigenvalue weighted by Crippen LogP contribution is 2.21. The number of nitrogens with one attached hydrogen (secondary N) is 2. The summed E-state index contributed by atoms with van der Waals surface area (Å²) in [5.41, 5.74) is -0.422. The zero-order valence-electron chi connectivity index (χ0n) is 11.7. The lowest BCUT2D eigenvalue weighted by molar-refractivity contribution is 0.0508. The molecule has 0 aliphatic carbocycles. The van der Waals surface area contributed by atoms with E-state index in [1.165, 1.54) is 6.42 Å². The molecule has 1 saturated heterocycles. The molecule has 0 bridgehead atoms. The van der Waals surface area contributed by atoms with Gasteiger partial charge in [0.15, 0.2) is 0 Å². The van der Waals surface area contributed by atoms with E-state index in [9.17, 15) is 4.79 Å². The van der Waals surface area contributed by atoms with Gasteiger partial charge >= 0.3 is 6.09 Å². The molecule has 0 spiro atoms. The fraction of sp³-hybridized carbons (Fsp3) is 0.923. The Hall–Kier alpha value is -0.770. The van der Waals surface area contributed by atoms with E-state index in [0.717, 1.165) is 6.54 Å². The average Bonchev–Trinajstić information content (AvgIpc) is 2.13. The third kappa shape index (κ3) is 5.39. The van der Waals surface area contributed by atoms with Gasteiger partial charge in [0.05, 0.1) is 0 Å². The maximum Gasteiger partial charge on any atom is 0.407 e. The van der Waals surface area contributed by atoms with E-state index < -0.39 is 5.60 Å². The van der Waals surface area contributed by atoms with Gasteiger partial charge in [-0.1, -0.05) is 6.92 Å². The predicted octanol–water partition coefficient (Wildman–Crippen LogP) is 2.15. The van der Waals surface area contributed by atoms with Crippen LogP contribution in [0.5, 0.6) is 0 Å². The van der Waals surface area contributed by atoms with E-state index in [4.69, 9.17) is 4.74 Å². The van der Waals surface area contributed by atoms with Gasteiger partial charge in [0.25, 0.3) is 0 Å². The molecule has 0 aromatic rings. The molecule has 0 aromatic carbocycles. The van der Waals surface area contributed by atoms with Crippen LogP contribution >= 0.6 is 0 Å². The Balaban J connectivity index is 2.28. The van der Waals surface area contributed by atoms with Crippen molar-refractivity contribution in [2.75, 3.05) is 13.1 Å². The molecule has 100 valence electrons. The lowest BCUT2D eigenvalue weighted by atomic mass is 9.85. The monoisotopic (exact) mass is 242 g/mol. The summed E-state index contributed by atoms with van der Waals surface area (Å²) in [6, 6.07) is 0.586. The Morgan fingerprint density at radius 3 is 2.59 bits per heavy atom. The summed E-state index contributed by atoms with van der Waals surface area (Å²) in [7, 11) is 0. The first-order valence-corrected chi connectivity index (χ1v) is 6.48. The van der Waals surface area contributed by atoms with Crippen molar-refractivity contribution in [3.63, 3.8) is 0 Å². The van der Waals surface area contributed by atoms with E-state index in [-0.39, 0.29) is 6.09 Å². The first-order valence-electron chi connectivity index (χ1n) is 6.48. The van der Waals surface area contributed by atoms with Gasteiger partial charge in [-0.05, 0) is 46.0 Å². The summed E-state index contributed by atoms with van der Waals surface area (Å²) in [5.74, 6) is 1.14.